The summed E-state index contributed by atoms with van der Waals surface area (Å²) in [7, 11) is 0. The van der Waals surface area contributed by atoms with Crippen molar-refractivity contribution >= 4 is 33.2 Å². The molecule has 0 aliphatic carbocycles. The summed E-state index contributed by atoms with van der Waals surface area (Å²) in [5.41, 5.74) is 0. The fourth-order valence-corrected chi connectivity index (χ4v) is 3.45. The van der Waals surface area contributed by atoms with Crippen molar-refractivity contribution in [3.8, 4) is 0 Å². The number of β-amino-alcohol motifs (C(OH)–C–C–N with tert-alkyl or cyclic N) is 1. The monoisotopic (exact) mass is 332 g/mol. The van der Waals surface area contributed by atoms with Crippen LogP contribution in [0.4, 0.5) is 0 Å². The van der Waals surface area contributed by atoms with Gasteiger partial charge in [-0.2, -0.15) is 0 Å². The predicted molar refractivity (Wildman–Crippen MR) is 76.0 cm³/mol. The van der Waals surface area contributed by atoms with E-state index in [0.717, 1.165) is 34.8 Å². The predicted octanol–water partition coefficient (Wildman–Crippen LogP) is 1.65. The van der Waals surface area contributed by atoms with Crippen LogP contribution in [0.5, 0.6) is 0 Å². The second-order valence-corrected chi connectivity index (χ2v) is 7.01. The van der Waals surface area contributed by atoms with Crippen molar-refractivity contribution in [1.29, 1.82) is 0 Å². The normalized spacial score (nSPS) is 18.9. The first-order valence-corrected chi connectivity index (χ1v) is 7.62. The van der Waals surface area contributed by atoms with Gasteiger partial charge in [-0.25, -0.2) is 0 Å². The Morgan fingerprint density at radius 2 is 2.11 bits per heavy atom. The number of hydrogen-bond donors (Lipinski definition) is 1. The lowest BCUT2D eigenvalue weighted by molar-refractivity contribution is 0.0558. The number of thiophene rings is 1. The molecule has 1 amide bonds. The summed E-state index contributed by atoms with van der Waals surface area (Å²) in [4.78, 5) is 17.1. The maximum absolute atomic E-state index is 12.2. The summed E-state index contributed by atoms with van der Waals surface area (Å²) in [6.45, 7) is 5.63. The minimum absolute atomic E-state index is 0.113. The summed E-state index contributed by atoms with van der Waals surface area (Å²) in [5, 5.41) is 9.33. The summed E-state index contributed by atoms with van der Waals surface area (Å²) in [5.74, 6) is 0.113. The maximum Gasteiger partial charge on any atom is 0.264 e. The van der Waals surface area contributed by atoms with Crippen molar-refractivity contribution in [2.45, 2.75) is 13.0 Å². The van der Waals surface area contributed by atoms with Crippen molar-refractivity contribution in [3.63, 3.8) is 0 Å². The van der Waals surface area contributed by atoms with Crippen LogP contribution < -0.4 is 0 Å². The molecule has 18 heavy (non-hydrogen) atoms. The molecule has 1 aliphatic heterocycles. The zero-order valence-electron chi connectivity index (χ0n) is 10.3. The molecule has 2 heterocycles. The Labute approximate surface area is 119 Å². The zero-order valence-corrected chi connectivity index (χ0v) is 12.7. The average molecular weight is 333 g/mol. The third-order valence-corrected chi connectivity index (χ3v) is 4.58. The molecule has 0 radical (unpaired) electrons. The Balaban J connectivity index is 1.88. The molecular weight excluding hydrogens is 316 g/mol. The van der Waals surface area contributed by atoms with Gasteiger partial charge in [0.1, 0.15) is 0 Å². The van der Waals surface area contributed by atoms with Crippen LogP contribution in [0.1, 0.15) is 16.6 Å². The van der Waals surface area contributed by atoms with Crippen molar-refractivity contribution < 1.29 is 9.90 Å². The first-order valence-electron chi connectivity index (χ1n) is 6.01. The van der Waals surface area contributed by atoms with Crippen molar-refractivity contribution in [3.05, 3.63) is 20.8 Å². The van der Waals surface area contributed by atoms with Crippen molar-refractivity contribution in [1.82, 2.24) is 9.80 Å². The molecule has 6 heteroatoms. The summed E-state index contributed by atoms with van der Waals surface area (Å²) in [6, 6.07) is 3.76. The first-order chi connectivity index (χ1) is 8.56. The van der Waals surface area contributed by atoms with E-state index in [9.17, 15) is 9.90 Å². The van der Waals surface area contributed by atoms with E-state index in [1.807, 2.05) is 17.0 Å². The molecule has 0 spiro atoms. The van der Waals surface area contributed by atoms with Gasteiger partial charge < -0.3 is 10.0 Å². The fourth-order valence-electron chi connectivity index (χ4n) is 2.09. The van der Waals surface area contributed by atoms with Crippen LogP contribution in [0, 0.1) is 0 Å². The number of amides is 1. The van der Waals surface area contributed by atoms with Crippen LogP contribution in [0.15, 0.2) is 15.9 Å². The zero-order chi connectivity index (χ0) is 13.1. The van der Waals surface area contributed by atoms with Gasteiger partial charge in [-0.1, -0.05) is 0 Å². The Bertz CT molecular complexity index is 414. The smallest absolute Gasteiger partial charge is 0.264 e. The number of hydrogen-bond acceptors (Lipinski definition) is 4. The molecule has 4 nitrogen and oxygen atoms in total. The molecule has 1 saturated heterocycles. The number of aliphatic hydroxyl groups excluding tert-OH is 1. The number of rotatable bonds is 3. The minimum Gasteiger partial charge on any atom is -0.392 e. The van der Waals surface area contributed by atoms with Gasteiger partial charge >= 0.3 is 0 Å². The number of piperazine rings is 1. The van der Waals surface area contributed by atoms with Crippen molar-refractivity contribution in [2.75, 3.05) is 32.7 Å². The molecule has 2 rings (SSSR count). The van der Waals surface area contributed by atoms with E-state index in [-0.39, 0.29) is 12.0 Å². The van der Waals surface area contributed by atoms with Crippen LogP contribution >= 0.6 is 27.3 Å². The van der Waals surface area contributed by atoms with E-state index in [1.165, 1.54) is 11.3 Å². The van der Waals surface area contributed by atoms with Gasteiger partial charge in [0.05, 0.1) is 14.8 Å². The Kier molecular flexibility index (Phi) is 4.77. The molecule has 0 aromatic carbocycles. The van der Waals surface area contributed by atoms with Crippen LogP contribution in [-0.2, 0) is 0 Å². The molecule has 0 bridgehead atoms. The second-order valence-electron chi connectivity index (χ2n) is 4.55. The SMILES string of the molecule is CC(O)CN1CCN(C(=O)c2ccc(Br)s2)CC1. The highest BCUT2D eigenvalue weighted by atomic mass is 79.9. The quantitative estimate of drug-likeness (QED) is 0.915. The van der Waals surface area contributed by atoms with Gasteiger partial charge in [-0.05, 0) is 35.0 Å². The molecule has 1 aromatic rings. The van der Waals surface area contributed by atoms with E-state index >= 15 is 0 Å². The van der Waals surface area contributed by atoms with E-state index in [0.29, 0.717) is 6.54 Å². The topological polar surface area (TPSA) is 43.8 Å². The second kappa shape index (κ2) is 6.14. The molecule has 1 atom stereocenters. The summed E-state index contributed by atoms with van der Waals surface area (Å²) in [6.07, 6.45) is -0.305. The molecule has 100 valence electrons. The van der Waals surface area contributed by atoms with E-state index in [2.05, 4.69) is 20.8 Å². The Morgan fingerprint density at radius 3 is 2.61 bits per heavy atom. The van der Waals surface area contributed by atoms with E-state index in [4.69, 9.17) is 0 Å². The fraction of sp³-hybridized carbons (Fsp3) is 0.583. The molecule has 1 aromatic heterocycles. The molecular formula is C12H17BrN2O2S. The Hall–Kier alpha value is -0.430. The van der Waals surface area contributed by atoms with Gasteiger partial charge in [0, 0.05) is 32.7 Å². The highest BCUT2D eigenvalue weighted by molar-refractivity contribution is 9.11. The standard InChI is InChI=1S/C12H17BrN2O2S/c1-9(16)8-14-4-6-15(7-5-14)12(17)10-2-3-11(13)18-10/h2-3,9,16H,4-8H2,1H3. The molecule has 0 saturated carbocycles. The molecule has 1 fully saturated rings. The van der Waals surface area contributed by atoms with Gasteiger partial charge in [0.2, 0.25) is 0 Å². The largest absolute Gasteiger partial charge is 0.392 e. The maximum atomic E-state index is 12.2. The number of carbonyl (C=O) groups excluding carboxylic acids is 1. The van der Waals surface area contributed by atoms with Crippen LogP contribution in [-0.4, -0.2) is 59.6 Å². The Morgan fingerprint density at radius 1 is 1.44 bits per heavy atom. The van der Waals surface area contributed by atoms with E-state index in [1.54, 1.807) is 6.92 Å². The van der Waals surface area contributed by atoms with E-state index < -0.39 is 0 Å². The molecule has 1 unspecified atom stereocenters. The third kappa shape index (κ3) is 3.54. The number of aliphatic hydroxyl groups is 1. The lowest BCUT2D eigenvalue weighted by atomic mass is 10.2. The summed E-state index contributed by atoms with van der Waals surface area (Å²) < 4.78 is 0.985. The number of nitrogens with zero attached hydrogens (tertiary/aromatic N) is 2. The summed E-state index contributed by atoms with van der Waals surface area (Å²) >= 11 is 4.85. The average Bonchev–Trinajstić information content (AvgIpc) is 2.75. The number of halogens is 1. The lowest BCUT2D eigenvalue weighted by Gasteiger charge is -2.35. The molecule has 1 N–H and O–H groups in total. The third-order valence-electron chi connectivity index (χ3n) is 2.97. The van der Waals surface area contributed by atoms with Crippen molar-refractivity contribution in [2.24, 2.45) is 0 Å². The number of carbonyl (C=O) groups is 1. The van der Waals surface area contributed by atoms with Gasteiger partial charge in [0.15, 0.2) is 0 Å². The minimum atomic E-state index is -0.305. The van der Waals surface area contributed by atoms with Crippen LogP contribution in [0.25, 0.3) is 0 Å². The molecule has 1 aliphatic rings. The van der Waals surface area contributed by atoms with Gasteiger partial charge in [0.25, 0.3) is 5.91 Å². The first kappa shape index (κ1) is 14.0. The lowest BCUT2D eigenvalue weighted by Crippen LogP contribution is -2.50. The van der Waals surface area contributed by atoms with Gasteiger partial charge in [-0.15, -0.1) is 11.3 Å². The highest BCUT2D eigenvalue weighted by Gasteiger charge is 2.23. The highest BCUT2D eigenvalue weighted by Crippen LogP contribution is 2.23. The van der Waals surface area contributed by atoms with Crippen LogP contribution in [0.3, 0.4) is 0 Å². The van der Waals surface area contributed by atoms with Gasteiger partial charge in [-0.3, -0.25) is 9.69 Å². The van der Waals surface area contributed by atoms with Crippen LogP contribution in [0.2, 0.25) is 0 Å².